The quantitative estimate of drug-likeness (QED) is 0.537. The topological polar surface area (TPSA) is 126 Å². The Hall–Kier alpha value is -2.15. The maximum absolute atomic E-state index is 14.4. The number of nitrogens with one attached hydrogen (secondary N) is 2. The molecule has 1 aromatic heterocycles. The lowest BCUT2D eigenvalue weighted by Gasteiger charge is -2.42. The third-order valence-corrected chi connectivity index (χ3v) is 11.3. The molecule has 0 bridgehead atoms. The van der Waals surface area contributed by atoms with E-state index in [1.54, 1.807) is 17.8 Å². The molecule has 1 unspecified atom stereocenters. The van der Waals surface area contributed by atoms with Gasteiger partial charge in [-0.15, -0.1) is 23.5 Å². The summed E-state index contributed by atoms with van der Waals surface area (Å²) in [4.78, 5) is 47.2. The molecule has 1 saturated carbocycles. The van der Waals surface area contributed by atoms with Crippen molar-refractivity contribution in [2.45, 2.75) is 66.8 Å². The van der Waals surface area contributed by atoms with E-state index in [0.29, 0.717) is 38.6 Å². The molecule has 0 radical (unpaired) electrons. The Kier molecular flexibility index (Phi) is 7.80. The number of rotatable bonds is 6. The van der Waals surface area contributed by atoms with E-state index in [9.17, 15) is 22.8 Å². The molecule has 2 amide bonds. The Morgan fingerprint density at radius 3 is 2.68 bits per heavy atom. The molecule has 4 aliphatic rings. The van der Waals surface area contributed by atoms with E-state index >= 15 is 0 Å². The molecule has 4 heterocycles. The predicted octanol–water partition coefficient (Wildman–Crippen LogP) is 2.37. The van der Waals surface area contributed by atoms with Crippen molar-refractivity contribution in [3.63, 3.8) is 0 Å². The van der Waals surface area contributed by atoms with Gasteiger partial charge in [0, 0.05) is 21.8 Å². The minimum Gasteiger partial charge on any atom is -0.340 e. The van der Waals surface area contributed by atoms with E-state index in [0.717, 1.165) is 26.3 Å². The van der Waals surface area contributed by atoms with Crippen LogP contribution in [0, 0.1) is 0 Å². The molecule has 37 heavy (non-hydrogen) atoms. The van der Waals surface area contributed by atoms with E-state index in [4.69, 9.17) is 0 Å². The van der Waals surface area contributed by atoms with Crippen LogP contribution in [-0.4, -0.2) is 71.0 Å². The van der Waals surface area contributed by atoms with Crippen LogP contribution in [0.1, 0.15) is 44.9 Å². The molecule has 1 saturated heterocycles. The highest BCUT2D eigenvalue weighted by Crippen LogP contribution is 2.47. The highest BCUT2D eigenvalue weighted by Gasteiger charge is 2.51. The average Bonchev–Trinajstić information content (AvgIpc) is 3.45. The van der Waals surface area contributed by atoms with Crippen molar-refractivity contribution in [1.82, 2.24) is 19.9 Å². The van der Waals surface area contributed by atoms with Gasteiger partial charge in [0.25, 0.3) is 15.9 Å². The SMILES string of the molecule is O=C(NC1(C(=O)N([C@H]2CCCNCC2=O)S(=O)(=O)c2ccccn2)CCCCC1)C1C=C2SCC=C2S1. The third kappa shape index (κ3) is 5.25. The molecule has 2 fully saturated rings. The summed E-state index contributed by atoms with van der Waals surface area (Å²) in [6.45, 7) is 0.530. The van der Waals surface area contributed by atoms with E-state index in [1.165, 1.54) is 30.1 Å². The second kappa shape index (κ2) is 10.9. The zero-order valence-electron chi connectivity index (χ0n) is 20.4. The molecule has 5 rings (SSSR count). The molecular weight excluding hydrogens is 532 g/mol. The average molecular weight is 563 g/mol. The van der Waals surface area contributed by atoms with Gasteiger partial charge in [-0.1, -0.05) is 31.4 Å². The maximum atomic E-state index is 14.4. The van der Waals surface area contributed by atoms with E-state index in [1.807, 2.05) is 6.08 Å². The van der Waals surface area contributed by atoms with Gasteiger partial charge in [-0.25, -0.2) is 9.29 Å². The number of carbonyl (C=O) groups excluding carboxylic acids is 3. The normalized spacial score (nSPS) is 25.5. The van der Waals surface area contributed by atoms with Crippen LogP contribution in [-0.2, 0) is 24.4 Å². The molecule has 1 aliphatic carbocycles. The first-order valence-electron chi connectivity index (χ1n) is 12.6. The first-order valence-corrected chi connectivity index (χ1v) is 15.9. The number of Topliss-reactive ketones (excluding diaryl/α,β-unsaturated/α-hetero) is 1. The number of ketones is 1. The van der Waals surface area contributed by atoms with Crippen LogP contribution < -0.4 is 10.6 Å². The van der Waals surface area contributed by atoms with E-state index in [2.05, 4.69) is 21.7 Å². The Morgan fingerprint density at radius 1 is 1.14 bits per heavy atom. The van der Waals surface area contributed by atoms with Crippen molar-refractivity contribution >= 4 is 51.1 Å². The van der Waals surface area contributed by atoms with Crippen molar-refractivity contribution < 1.29 is 22.8 Å². The van der Waals surface area contributed by atoms with E-state index < -0.39 is 32.8 Å². The van der Waals surface area contributed by atoms with Crippen LogP contribution in [0.5, 0.6) is 0 Å². The Bertz CT molecular complexity index is 1240. The number of pyridine rings is 1. The Morgan fingerprint density at radius 2 is 1.95 bits per heavy atom. The van der Waals surface area contributed by atoms with Crippen LogP contribution in [0.25, 0.3) is 0 Å². The lowest BCUT2D eigenvalue weighted by Crippen LogP contribution is -2.65. The molecule has 1 aromatic rings. The molecule has 9 nitrogen and oxygen atoms in total. The molecule has 2 N–H and O–H groups in total. The van der Waals surface area contributed by atoms with Crippen LogP contribution in [0.4, 0.5) is 0 Å². The minimum absolute atomic E-state index is 0.0232. The van der Waals surface area contributed by atoms with Crippen LogP contribution in [0.2, 0.25) is 0 Å². The summed E-state index contributed by atoms with van der Waals surface area (Å²) in [6, 6.07) is 3.29. The standard InChI is InChI=1S/C25H30N4O5S3/c30-18-16-26-12-6-7-17(18)29(37(33,34)22-8-2-5-13-27-22)24(32)25(10-3-1-4-11-25)28-23(31)21-15-20-19(36-21)9-14-35-20/h2,5,8-9,13,15,17,21,26H,1,3-4,6-7,10-12,14,16H2,(H,28,31)/t17-,21?/m0/s1. The number of hydrogen-bond donors (Lipinski definition) is 2. The lowest BCUT2D eigenvalue weighted by molar-refractivity contribution is -0.143. The van der Waals surface area contributed by atoms with Crippen molar-refractivity contribution in [3.05, 3.63) is 46.4 Å². The summed E-state index contributed by atoms with van der Waals surface area (Å²) in [7, 11) is -4.46. The number of hydrogen-bond acceptors (Lipinski definition) is 9. The van der Waals surface area contributed by atoms with Gasteiger partial charge in [0.05, 0.1) is 6.54 Å². The zero-order valence-corrected chi connectivity index (χ0v) is 22.8. The van der Waals surface area contributed by atoms with Crippen molar-refractivity contribution in [3.8, 4) is 0 Å². The van der Waals surface area contributed by atoms with E-state index in [-0.39, 0.29) is 29.7 Å². The molecule has 0 aromatic carbocycles. The lowest BCUT2D eigenvalue weighted by atomic mass is 9.80. The van der Waals surface area contributed by atoms with Gasteiger partial charge in [0.15, 0.2) is 10.8 Å². The Labute approximate surface area is 225 Å². The van der Waals surface area contributed by atoms with Crippen molar-refractivity contribution in [2.24, 2.45) is 0 Å². The summed E-state index contributed by atoms with van der Waals surface area (Å²) in [5, 5.41) is 5.22. The van der Waals surface area contributed by atoms with Crippen LogP contribution in [0.15, 0.2) is 51.4 Å². The summed E-state index contributed by atoms with van der Waals surface area (Å²) < 4.78 is 28.6. The highest BCUT2D eigenvalue weighted by atomic mass is 32.2. The summed E-state index contributed by atoms with van der Waals surface area (Å²) in [5.74, 6) is -0.533. The van der Waals surface area contributed by atoms with Gasteiger partial charge in [-0.2, -0.15) is 8.42 Å². The molecule has 3 aliphatic heterocycles. The summed E-state index contributed by atoms with van der Waals surface area (Å²) in [6.07, 6.45) is 8.95. The van der Waals surface area contributed by atoms with Gasteiger partial charge in [-0.3, -0.25) is 14.4 Å². The van der Waals surface area contributed by atoms with Gasteiger partial charge >= 0.3 is 0 Å². The van der Waals surface area contributed by atoms with Gasteiger partial charge < -0.3 is 10.6 Å². The smallest absolute Gasteiger partial charge is 0.284 e. The largest absolute Gasteiger partial charge is 0.340 e. The summed E-state index contributed by atoms with van der Waals surface area (Å²) >= 11 is 3.13. The molecule has 2 atom stereocenters. The number of amides is 2. The maximum Gasteiger partial charge on any atom is 0.284 e. The monoisotopic (exact) mass is 562 g/mol. The molecule has 12 heteroatoms. The highest BCUT2D eigenvalue weighted by molar-refractivity contribution is 8.10. The number of sulfonamides is 1. The first-order chi connectivity index (χ1) is 17.8. The fraction of sp³-hybridized carbons (Fsp3) is 0.520. The fourth-order valence-electron chi connectivity index (χ4n) is 5.30. The third-order valence-electron chi connectivity index (χ3n) is 7.19. The fourth-order valence-corrected chi connectivity index (χ4v) is 9.30. The van der Waals surface area contributed by atoms with Crippen LogP contribution in [0.3, 0.4) is 0 Å². The van der Waals surface area contributed by atoms with Crippen LogP contribution >= 0.6 is 23.5 Å². The molecule has 0 spiro atoms. The van der Waals surface area contributed by atoms with Gasteiger partial charge in [0.1, 0.15) is 16.8 Å². The summed E-state index contributed by atoms with van der Waals surface area (Å²) in [5.41, 5.74) is -1.41. The van der Waals surface area contributed by atoms with Crippen molar-refractivity contribution in [2.75, 3.05) is 18.8 Å². The van der Waals surface area contributed by atoms with Crippen molar-refractivity contribution in [1.29, 1.82) is 0 Å². The minimum atomic E-state index is -4.46. The number of fused-ring (bicyclic) bond motifs is 1. The number of thioether (sulfide) groups is 2. The van der Waals surface area contributed by atoms with Gasteiger partial charge in [-0.05, 0) is 50.4 Å². The number of carbonyl (C=O) groups is 3. The Balaban J connectivity index is 1.52. The number of aromatic nitrogens is 1. The zero-order chi connectivity index (χ0) is 26.0. The first kappa shape index (κ1) is 26.5. The molecular formula is C25H30N4O5S3. The van der Waals surface area contributed by atoms with Gasteiger partial charge in [0.2, 0.25) is 5.91 Å². The number of nitrogens with zero attached hydrogens (tertiary/aromatic N) is 2. The predicted molar refractivity (Wildman–Crippen MR) is 143 cm³/mol. The second-order valence-electron chi connectivity index (χ2n) is 9.66. The molecule has 198 valence electrons. The second-order valence-corrected chi connectivity index (χ2v) is 13.7.